The number of benzene rings is 2. The summed E-state index contributed by atoms with van der Waals surface area (Å²) >= 11 is 5.79. The molecular formula is C23H27N5OS. The van der Waals surface area contributed by atoms with Crippen molar-refractivity contribution in [1.82, 2.24) is 24.6 Å². The lowest BCUT2D eigenvalue weighted by molar-refractivity contribution is 0.0963. The van der Waals surface area contributed by atoms with Crippen molar-refractivity contribution >= 4 is 18.1 Å². The highest BCUT2D eigenvalue weighted by Crippen LogP contribution is 2.39. The van der Waals surface area contributed by atoms with Gasteiger partial charge in [-0.25, -0.2) is 4.68 Å². The van der Waals surface area contributed by atoms with Gasteiger partial charge in [0.2, 0.25) is 0 Å². The average Bonchev–Trinajstić information content (AvgIpc) is 3.56. The van der Waals surface area contributed by atoms with E-state index in [1.165, 1.54) is 18.4 Å². The zero-order valence-electron chi connectivity index (χ0n) is 17.4. The SMILES string of the molecule is CNC(=O)c1ccc(CN(C)Cn2nc(C3CC3)n(Cc3ccccc3)c2=S)cc1. The second kappa shape index (κ2) is 8.93. The van der Waals surface area contributed by atoms with Crippen LogP contribution in [-0.2, 0) is 19.8 Å². The molecule has 156 valence electrons. The molecule has 0 spiro atoms. The third kappa shape index (κ3) is 4.68. The van der Waals surface area contributed by atoms with E-state index in [1.54, 1.807) is 7.05 Å². The van der Waals surface area contributed by atoms with E-state index in [-0.39, 0.29) is 5.91 Å². The van der Waals surface area contributed by atoms with Crippen LogP contribution in [0.4, 0.5) is 0 Å². The molecule has 1 amide bonds. The van der Waals surface area contributed by atoms with E-state index < -0.39 is 0 Å². The summed E-state index contributed by atoms with van der Waals surface area (Å²) in [6.45, 7) is 2.13. The Bertz CT molecular complexity index is 1070. The molecule has 1 N–H and O–H groups in total. The van der Waals surface area contributed by atoms with Gasteiger partial charge in [0, 0.05) is 25.1 Å². The van der Waals surface area contributed by atoms with Gasteiger partial charge in [0.15, 0.2) is 4.77 Å². The van der Waals surface area contributed by atoms with Crippen LogP contribution in [0.3, 0.4) is 0 Å². The summed E-state index contributed by atoms with van der Waals surface area (Å²) in [7, 11) is 3.70. The van der Waals surface area contributed by atoms with Gasteiger partial charge in [-0.15, -0.1) is 0 Å². The maximum Gasteiger partial charge on any atom is 0.251 e. The molecule has 1 fully saturated rings. The van der Waals surface area contributed by atoms with Crippen LogP contribution >= 0.6 is 12.2 Å². The van der Waals surface area contributed by atoms with Crippen molar-refractivity contribution in [1.29, 1.82) is 0 Å². The van der Waals surface area contributed by atoms with Crippen molar-refractivity contribution in [2.45, 2.75) is 38.5 Å². The fourth-order valence-electron chi connectivity index (χ4n) is 3.60. The third-order valence-electron chi connectivity index (χ3n) is 5.35. The molecule has 0 atom stereocenters. The second-order valence-electron chi connectivity index (χ2n) is 7.92. The summed E-state index contributed by atoms with van der Waals surface area (Å²) in [5.41, 5.74) is 3.04. The number of nitrogens with one attached hydrogen (secondary N) is 1. The maximum atomic E-state index is 11.7. The topological polar surface area (TPSA) is 55.1 Å². The van der Waals surface area contributed by atoms with Gasteiger partial charge in [-0.3, -0.25) is 14.3 Å². The molecule has 0 bridgehead atoms. The first-order valence-corrected chi connectivity index (χ1v) is 10.7. The fraction of sp³-hybridized carbons (Fsp3) is 0.348. The Morgan fingerprint density at radius 3 is 2.47 bits per heavy atom. The van der Waals surface area contributed by atoms with Gasteiger partial charge in [-0.1, -0.05) is 42.5 Å². The normalized spacial score (nSPS) is 13.6. The second-order valence-corrected chi connectivity index (χ2v) is 8.28. The molecule has 7 heteroatoms. The van der Waals surface area contributed by atoms with E-state index in [9.17, 15) is 4.79 Å². The van der Waals surface area contributed by atoms with Crippen molar-refractivity contribution in [3.63, 3.8) is 0 Å². The standard InChI is InChI=1S/C23H27N5OS/c1-24-22(29)20-10-8-18(9-11-20)14-26(2)16-28-23(30)27(21(25-28)19-12-13-19)15-17-6-4-3-5-7-17/h3-11,19H,12-16H2,1-2H3,(H,24,29). The summed E-state index contributed by atoms with van der Waals surface area (Å²) in [6, 6.07) is 18.1. The highest BCUT2D eigenvalue weighted by atomic mass is 32.1. The zero-order chi connectivity index (χ0) is 21.1. The van der Waals surface area contributed by atoms with E-state index in [0.717, 1.165) is 29.2 Å². The molecule has 1 aliphatic carbocycles. The van der Waals surface area contributed by atoms with Crippen LogP contribution in [0.2, 0.25) is 0 Å². The lowest BCUT2D eigenvalue weighted by atomic mass is 10.1. The van der Waals surface area contributed by atoms with Crippen LogP contribution in [0, 0.1) is 4.77 Å². The number of carbonyl (C=O) groups excluding carboxylic acids is 1. The summed E-state index contributed by atoms with van der Waals surface area (Å²) in [5, 5.41) is 7.52. The van der Waals surface area contributed by atoms with Crippen molar-refractivity contribution in [3.05, 3.63) is 81.9 Å². The minimum atomic E-state index is -0.0715. The summed E-state index contributed by atoms with van der Waals surface area (Å²) in [5.74, 6) is 1.56. The van der Waals surface area contributed by atoms with Gasteiger partial charge >= 0.3 is 0 Å². The Morgan fingerprint density at radius 2 is 1.83 bits per heavy atom. The van der Waals surface area contributed by atoms with Crippen LogP contribution in [0.15, 0.2) is 54.6 Å². The van der Waals surface area contributed by atoms with Gasteiger partial charge in [0.1, 0.15) is 5.82 Å². The summed E-state index contributed by atoms with van der Waals surface area (Å²) in [6.07, 6.45) is 2.38. The molecular weight excluding hydrogens is 394 g/mol. The molecule has 0 unspecified atom stereocenters. The smallest absolute Gasteiger partial charge is 0.251 e. The lowest BCUT2D eigenvalue weighted by Crippen LogP contribution is -2.23. The summed E-state index contributed by atoms with van der Waals surface area (Å²) in [4.78, 5) is 13.9. The third-order valence-corrected chi connectivity index (χ3v) is 5.78. The average molecular weight is 422 g/mol. The first-order valence-electron chi connectivity index (χ1n) is 10.3. The molecule has 0 radical (unpaired) electrons. The van der Waals surface area contributed by atoms with Crippen LogP contribution in [0.1, 0.15) is 46.1 Å². The monoisotopic (exact) mass is 421 g/mol. The fourth-order valence-corrected chi connectivity index (χ4v) is 3.86. The molecule has 0 aliphatic heterocycles. The molecule has 0 saturated heterocycles. The number of hydrogen-bond acceptors (Lipinski definition) is 4. The zero-order valence-corrected chi connectivity index (χ0v) is 18.2. The van der Waals surface area contributed by atoms with Gasteiger partial charge < -0.3 is 5.32 Å². The number of rotatable bonds is 8. The van der Waals surface area contributed by atoms with Crippen LogP contribution in [0.5, 0.6) is 0 Å². The predicted molar refractivity (Wildman–Crippen MR) is 120 cm³/mol. The Hall–Kier alpha value is -2.77. The first kappa shape index (κ1) is 20.5. The van der Waals surface area contributed by atoms with Gasteiger partial charge in [-0.2, -0.15) is 5.10 Å². The van der Waals surface area contributed by atoms with Crippen LogP contribution in [0.25, 0.3) is 0 Å². The number of hydrogen-bond donors (Lipinski definition) is 1. The molecule has 2 aromatic carbocycles. The van der Waals surface area contributed by atoms with Gasteiger partial charge in [0.25, 0.3) is 5.91 Å². The maximum absolute atomic E-state index is 11.7. The number of aromatic nitrogens is 3. The Morgan fingerprint density at radius 1 is 1.13 bits per heavy atom. The predicted octanol–water partition coefficient (Wildman–Crippen LogP) is 3.79. The van der Waals surface area contributed by atoms with E-state index in [4.69, 9.17) is 17.3 Å². The Kier molecular flexibility index (Phi) is 6.11. The number of amides is 1. The quantitative estimate of drug-likeness (QED) is 0.562. The highest BCUT2D eigenvalue weighted by Gasteiger charge is 2.30. The van der Waals surface area contributed by atoms with Crippen molar-refractivity contribution in [2.75, 3.05) is 14.1 Å². The largest absolute Gasteiger partial charge is 0.355 e. The van der Waals surface area contributed by atoms with Crippen molar-refractivity contribution in [2.24, 2.45) is 0 Å². The molecule has 4 rings (SSSR count). The molecule has 3 aromatic rings. The highest BCUT2D eigenvalue weighted by molar-refractivity contribution is 7.71. The minimum absolute atomic E-state index is 0.0715. The van der Waals surface area contributed by atoms with E-state index in [0.29, 0.717) is 18.2 Å². The Labute approximate surface area is 182 Å². The van der Waals surface area contributed by atoms with Gasteiger partial charge in [0.05, 0.1) is 13.2 Å². The van der Waals surface area contributed by atoms with Crippen molar-refractivity contribution < 1.29 is 4.79 Å². The molecule has 1 aromatic heterocycles. The summed E-state index contributed by atoms with van der Waals surface area (Å²) < 4.78 is 4.89. The lowest BCUT2D eigenvalue weighted by Gasteiger charge is -2.16. The molecule has 1 saturated carbocycles. The minimum Gasteiger partial charge on any atom is -0.355 e. The number of carbonyl (C=O) groups is 1. The van der Waals surface area contributed by atoms with E-state index in [2.05, 4.69) is 46.1 Å². The van der Waals surface area contributed by atoms with Crippen LogP contribution < -0.4 is 5.32 Å². The van der Waals surface area contributed by atoms with E-state index in [1.807, 2.05) is 35.0 Å². The van der Waals surface area contributed by atoms with Crippen LogP contribution in [-0.4, -0.2) is 39.3 Å². The molecule has 1 heterocycles. The molecule has 30 heavy (non-hydrogen) atoms. The first-order chi connectivity index (χ1) is 14.5. The Balaban J connectivity index is 1.48. The molecule has 1 aliphatic rings. The van der Waals surface area contributed by atoms with Gasteiger partial charge in [-0.05, 0) is 55.4 Å². The molecule has 6 nitrogen and oxygen atoms in total. The van der Waals surface area contributed by atoms with E-state index >= 15 is 0 Å². The number of nitrogens with zero attached hydrogens (tertiary/aromatic N) is 4. The van der Waals surface area contributed by atoms with Crippen molar-refractivity contribution in [3.8, 4) is 0 Å².